The van der Waals surface area contributed by atoms with Crippen molar-refractivity contribution in [3.05, 3.63) is 65.9 Å². The third kappa shape index (κ3) is 4.74. The second kappa shape index (κ2) is 10.0. The first-order valence-electron chi connectivity index (χ1n) is 12.7. The molecule has 2 saturated heterocycles. The van der Waals surface area contributed by atoms with Crippen molar-refractivity contribution in [2.75, 3.05) is 43.0 Å². The van der Waals surface area contributed by atoms with Crippen molar-refractivity contribution in [3.8, 4) is 6.07 Å². The van der Waals surface area contributed by atoms with E-state index in [1.807, 2.05) is 12.1 Å². The van der Waals surface area contributed by atoms with Gasteiger partial charge in [-0.25, -0.2) is 0 Å². The number of benzene rings is 2. The van der Waals surface area contributed by atoms with E-state index < -0.39 is 0 Å². The molecule has 1 aromatic heterocycles. The number of nitrogens with zero attached hydrogens (tertiary/aromatic N) is 5. The fourth-order valence-electron chi connectivity index (χ4n) is 5.74. The number of fused-ring (bicyclic) bond motifs is 1. The Kier molecular flexibility index (Phi) is 6.69. The van der Waals surface area contributed by atoms with Crippen LogP contribution in [0.4, 0.5) is 11.4 Å². The number of nitriles is 1. The Bertz CT molecular complexity index is 1160. The summed E-state index contributed by atoms with van der Waals surface area (Å²) in [5.74, 6) is 0.602. The monoisotopic (exact) mass is 453 g/mol. The molecular weight excluding hydrogens is 418 g/mol. The molecule has 0 N–H and O–H groups in total. The first kappa shape index (κ1) is 22.7. The number of anilines is 2. The number of rotatable bonds is 5. The van der Waals surface area contributed by atoms with E-state index in [-0.39, 0.29) is 0 Å². The van der Waals surface area contributed by atoms with Crippen molar-refractivity contribution in [3.63, 3.8) is 0 Å². The highest BCUT2D eigenvalue weighted by Crippen LogP contribution is 2.32. The van der Waals surface area contributed by atoms with Crippen molar-refractivity contribution in [1.82, 2.24) is 9.88 Å². The average Bonchev–Trinajstić information content (AvgIpc) is 2.88. The second-order valence-corrected chi connectivity index (χ2v) is 10.2. The van der Waals surface area contributed by atoms with Crippen molar-refractivity contribution >= 4 is 22.3 Å². The van der Waals surface area contributed by atoms with E-state index in [4.69, 9.17) is 0 Å². The van der Waals surface area contributed by atoms with Gasteiger partial charge in [-0.2, -0.15) is 5.26 Å². The van der Waals surface area contributed by atoms with Crippen LogP contribution in [0.15, 0.2) is 54.7 Å². The van der Waals surface area contributed by atoms with Crippen LogP contribution in [0.25, 0.3) is 10.9 Å². The van der Waals surface area contributed by atoms with E-state index in [1.54, 1.807) is 6.20 Å². The van der Waals surface area contributed by atoms with Crippen LogP contribution >= 0.6 is 0 Å². The highest BCUT2D eigenvalue weighted by Gasteiger charge is 2.29. The lowest BCUT2D eigenvalue weighted by atomic mass is 9.93. The van der Waals surface area contributed by atoms with Crippen LogP contribution in [0, 0.1) is 17.2 Å². The Morgan fingerprint density at radius 1 is 1.00 bits per heavy atom. The van der Waals surface area contributed by atoms with Crippen molar-refractivity contribution in [2.24, 2.45) is 5.92 Å². The SMILES string of the molecule is C[C@H]1C[C@@H](N(C)Cc2ccc(N3CCCCC3)cc2)CN(c2ccc(C#N)c3ncccc23)C1. The zero-order valence-electron chi connectivity index (χ0n) is 20.5. The molecule has 2 atom stereocenters. The predicted molar refractivity (Wildman–Crippen MR) is 140 cm³/mol. The molecule has 5 rings (SSSR count). The summed E-state index contributed by atoms with van der Waals surface area (Å²) in [5.41, 5.74) is 5.38. The molecule has 0 amide bonds. The summed E-state index contributed by atoms with van der Waals surface area (Å²) >= 11 is 0. The zero-order valence-corrected chi connectivity index (χ0v) is 20.5. The van der Waals surface area contributed by atoms with Gasteiger partial charge in [0.1, 0.15) is 6.07 Å². The van der Waals surface area contributed by atoms with Gasteiger partial charge >= 0.3 is 0 Å². The van der Waals surface area contributed by atoms with Gasteiger partial charge in [0.15, 0.2) is 0 Å². The first-order chi connectivity index (χ1) is 16.6. The summed E-state index contributed by atoms with van der Waals surface area (Å²) in [6.07, 6.45) is 6.96. The van der Waals surface area contributed by atoms with Gasteiger partial charge < -0.3 is 9.80 Å². The molecule has 5 heteroatoms. The third-order valence-electron chi connectivity index (χ3n) is 7.56. The lowest BCUT2D eigenvalue weighted by Gasteiger charge is -2.42. The molecule has 3 aromatic rings. The maximum Gasteiger partial charge on any atom is 0.101 e. The Morgan fingerprint density at radius 3 is 2.56 bits per heavy atom. The van der Waals surface area contributed by atoms with Gasteiger partial charge in [0.05, 0.1) is 11.1 Å². The largest absolute Gasteiger partial charge is 0.372 e. The number of hydrogen-bond acceptors (Lipinski definition) is 5. The minimum atomic E-state index is 0.480. The lowest BCUT2D eigenvalue weighted by molar-refractivity contribution is 0.184. The van der Waals surface area contributed by atoms with Gasteiger partial charge in [0.2, 0.25) is 0 Å². The van der Waals surface area contributed by atoms with Crippen LogP contribution in [0.1, 0.15) is 43.7 Å². The van der Waals surface area contributed by atoms with Gasteiger partial charge in [-0.3, -0.25) is 9.88 Å². The van der Waals surface area contributed by atoms with Gasteiger partial charge in [-0.15, -0.1) is 0 Å². The maximum absolute atomic E-state index is 9.51. The van der Waals surface area contributed by atoms with Crippen molar-refractivity contribution in [2.45, 2.75) is 45.2 Å². The van der Waals surface area contributed by atoms with Crippen LogP contribution in [0.3, 0.4) is 0 Å². The van der Waals surface area contributed by atoms with Crippen LogP contribution < -0.4 is 9.80 Å². The zero-order chi connectivity index (χ0) is 23.5. The Balaban J connectivity index is 1.30. The van der Waals surface area contributed by atoms with Crippen LogP contribution in [0.5, 0.6) is 0 Å². The fourth-order valence-corrected chi connectivity index (χ4v) is 5.74. The molecule has 0 saturated carbocycles. The lowest BCUT2D eigenvalue weighted by Crippen LogP contribution is -2.49. The molecule has 0 aliphatic carbocycles. The predicted octanol–water partition coefficient (Wildman–Crippen LogP) is 5.44. The summed E-state index contributed by atoms with van der Waals surface area (Å²) < 4.78 is 0. The average molecular weight is 454 g/mol. The molecule has 2 aromatic carbocycles. The summed E-state index contributed by atoms with van der Waals surface area (Å²) in [6.45, 7) is 7.71. The summed E-state index contributed by atoms with van der Waals surface area (Å²) in [4.78, 5) is 12.1. The molecule has 2 fully saturated rings. The summed E-state index contributed by atoms with van der Waals surface area (Å²) in [7, 11) is 2.26. The van der Waals surface area contributed by atoms with Gasteiger partial charge in [0.25, 0.3) is 0 Å². The highest BCUT2D eigenvalue weighted by molar-refractivity contribution is 5.95. The first-order valence-corrected chi connectivity index (χ1v) is 12.7. The maximum atomic E-state index is 9.51. The molecule has 34 heavy (non-hydrogen) atoms. The minimum absolute atomic E-state index is 0.480. The highest BCUT2D eigenvalue weighted by atomic mass is 15.2. The van der Waals surface area contributed by atoms with E-state index in [1.165, 1.54) is 55.7 Å². The molecule has 2 aliphatic heterocycles. The number of likely N-dealkylation sites (N-methyl/N-ethyl adjacent to an activating group) is 1. The minimum Gasteiger partial charge on any atom is -0.372 e. The van der Waals surface area contributed by atoms with E-state index in [0.29, 0.717) is 17.5 Å². The quantitative estimate of drug-likeness (QED) is 0.514. The van der Waals surface area contributed by atoms with Gasteiger partial charge in [-0.05, 0) is 80.6 Å². The number of hydrogen-bond donors (Lipinski definition) is 0. The number of piperidine rings is 2. The third-order valence-corrected chi connectivity index (χ3v) is 7.56. The van der Waals surface area contributed by atoms with Gasteiger partial charge in [-0.1, -0.05) is 19.1 Å². The topological polar surface area (TPSA) is 46.4 Å². The molecule has 2 aliphatic rings. The van der Waals surface area contributed by atoms with Crippen molar-refractivity contribution < 1.29 is 0 Å². The van der Waals surface area contributed by atoms with Gasteiger partial charge in [0, 0.05) is 61.7 Å². The molecule has 0 spiro atoms. The Labute approximate surface area is 203 Å². The van der Waals surface area contributed by atoms with E-state index in [0.717, 1.165) is 30.5 Å². The molecule has 5 nitrogen and oxygen atoms in total. The fraction of sp³-hybridized carbons (Fsp3) is 0.448. The van der Waals surface area contributed by atoms with E-state index in [9.17, 15) is 5.26 Å². The van der Waals surface area contributed by atoms with Crippen molar-refractivity contribution in [1.29, 1.82) is 5.26 Å². The van der Waals surface area contributed by atoms with Crippen LogP contribution in [-0.2, 0) is 6.54 Å². The van der Waals surface area contributed by atoms with E-state index in [2.05, 4.69) is 76.1 Å². The molecular formula is C29H35N5. The Hall–Kier alpha value is -3.10. The Morgan fingerprint density at radius 2 is 1.79 bits per heavy atom. The van der Waals surface area contributed by atoms with E-state index >= 15 is 0 Å². The van der Waals surface area contributed by atoms with Crippen LogP contribution in [0.2, 0.25) is 0 Å². The summed E-state index contributed by atoms with van der Waals surface area (Å²) in [5, 5.41) is 10.6. The smallest absolute Gasteiger partial charge is 0.101 e. The number of aromatic nitrogens is 1. The molecule has 0 radical (unpaired) electrons. The second-order valence-electron chi connectivity index (χ2n) is 10.2. The summed E-state index contributed by atoms with van der Waals surface area (Å²) in [6, 6.07) is 20.1. The molecule has 0 unspecified atom stereocenters. The molecule has 0 bridgehead atoms. The molecule has 3 heterocycles. The van der Waals surface area contributed by atoms with Crippen LogP contribution in [-0.4, -0.2) is 49.2 Å². The standard InChI is InChI=1S/C29H35N5/c1-22-17-26(32(2)20-23-8-11-25(12-9-23)33-15-4-3-5-16-33)21-34(19-22)28-13-10-24(18-30)29-27(28)7-6-14-31-29/h6-14,22,26H,3-5,15-17,19-21H2,1-2H3/t22-,26+/m0/s1. The molecule has 176 valence electrons. The number of pyridine rings is 1. The normalized spacial score (nSPS) is 21.1.